The molecule has 1 heterocycles. The van der Waals surface area contributed by atoms with E-state index in [0.29, 0.717) is 17.7 Å². The Morgan fingerprint density at radius 2 is 1.12 bits per heavy atom. The maximum absolute atomic E-state index is 12.6. The van der Waals surface area contributed by atoms with Crippen LogP contribution in [0.1, 0.15) is 147 Å². The SMILES string of the molecule is CCCCOC1CC(C2CC(C)C(C3CC(C)C(C4CC(C)C(B5OC(C)(C)C(C)(C)O5)CC4C)CC3C)CC2C)CCC1C(=O)OC. The van der Waals surface area contributed by atoms with Gasteiger partial charge in [-0.3, -0.25) is 4.79 Å². The summed E-state index contributed by atoms with van der Waals surface area (Å²) < 4.78 is 24.8. The molecule has 1 aliphatic heterocycles. The number of ether oxygens (including phenoxy) is 2. The molecule has 6 heteroatoms. The summed E-state index contributed by atoms with van der Waals surface area (Å²) in [4.78, 5) is 12.6. The lowest BCUT2D eigenvalue weighted by Crippen LogP contribution is -2.46. The zero-order valence-corrected chi connectivity index (χ0v) is 33.3. The van der Waals surface area contributed by atoms with Crippen LogP contribution in [0.4, 0.5) is 0 Å². The third-order valence-electron chi connectivity index (χ3n) is 15.7. The first kappa shape index (κ1) is 38.6. The van der Waals surface area contributed by atoms with Crippen LogP contribution in [0.2, 0.25) is 5.82 Å². The molecule has 0 bridgehead atoms. The van der Waals surface area contributed by atoms with Gasteiger partial charge in [0.05, 0.1) is 30.3 Å². The van der Waals surface area contributed by atoms with Gasteiger partial charge in [0.1, 0.15) is 0 Å². The van der Waals surface area contributed by atoms with Crippen molar-refractivity contribution in [2.45, 2.75) is 170 Å². The normalized spacial score (nSPS) is 46.3. The van der Waals surface area contributed by atoms with Crippen LogP contribution in [0.15, 0.2) is 0 Å². The number of hydrogen-bond acceptors (Lipinski definition) is 5. The lowest BCUT2D eigenvalue weighted by atomic mass is 9.50. The average Bonchev–Trinajstić information content (AvgIpc) is 3.25. The van der Waals surface area contributed by atoms with Crippen LogP contribution in [0.25, 0.3) is 0 Å². The highest BCUT2D eigenvalue weighted by Crippen LogP contribution is 2.57. The molecule has 0 amide bonds. The molecule has 0 aromatic heterocycles. The maximum Gasteiger partial charge on any atom is 0.461 e. The van der Waals surface area contributed by atoms with E-state index in [-0.39, 0.29) is 36.3 Å². The van der Waals surface area contributed by atoms with Gasteiger partial charge < -0.3 is 18.8 Å². The molecular formula is C42H75BO5. The molecule has 5 fully saturated rings. The van der Waals surface area contributed by atoms with Crippen LogP contribution in [0, 0.1) is 76.9 Å². The van der Waals surface area contributed by atoms with Crippen molar-refractivity contribution in [1.29, 1.82) is 0 Å². The number of methoxy groups -OCH3 is 1. The predicted octanol–water partition coefficient (Wildman–Crippen LogP) is 10.5. The molecule has 0 aromatic rings. The van der Waals surface area contributed by atoms with E-state index in [0.717, 1.165) is 97.9 Å². The van der Waals surface area contributed by atoms with Crippen molar-refractivity contribution in [3.05, 3.63) is 0 Å². The Labute approximate surface area is 296 Å². The van der Waals surface area contributed by atoms with Gasteiger partial charge in [0.25, 0.3) is 0 Å². The fourth-order valence-electron chi connectivity index (χ4n) is 12.0. The molecule has 4 saturated carbocycles. The summed E-state index contributed by atoms with van der Waals surface area (Å²) in [7, 11) is 1.47. The average molecular weight is 671 g/mol. The summed E-state index contributed by atoms with van der Waals surface area (Å²) in [5, 5.41) is 0. The van der Waals surface area contributed by atoms with Gasteiger partial charge in [-0.25, -0.2) is 0 Å². The van der Waals surface area contributed by atoms with Crippen molar-refractivity contribution in [3.63, 3.8) is 0 Å². The molecule has 15 unspecified atom stereocenters. The molecule has 15 atom stereocenters. The van der Waals surface area contributed by atoms with Crippen molar-refractivity contribution in [2.75, 3.05) is 13.7 Å². The molecular weight excluding hydrogens is 595 g/mol. The van der Waals surface area contributed by atoms with Gasteiger partial charge in [0.2, 0.25) is 0 Å². The molecule has 0 aromatic carbocycles. The van der Waals surface area contributed by atoms with Crippen molar-refractivity contribution in [3.8, 4) is 0 Å². The van der Waals surface area contributed by atoms with Gasteiger partial charge in [0, 0.05) is 6.61 Å². The zero-order valence-electron chi connectivity index (χ0n) is 33.3. The summed E-state index contributed by atoms with van der Waals surface area (Å²) in [6, 6.07) is 0. The van der Waals surface area contributed by atoms with E-state index < -0.39 is 0 Å². The van der Waals surface area contributed by atoms with E-state index in [4.69, 9.17) is 18.8 Å². The highest BCUT2D eigenvalue weighted by Gasteiger charge is 2.56. The minimum Gasteiger partial charge on any atom is -0.469 e. The number of unbranched alkanes of at least 4 members (excludes halogenated alkanes) is 1. The quantitative estimate of drug-likeness (QED) is 0.139. The Morgan fingerprint density at radius 1 is 0.667 bits per heavy atom. The summed E-state index contributed by atoms with van der Waals surface area (Å²) in [6.07, 6.45) is 13.4. The molecule has 0 N–H and O–H groups in total. The minimum absolute atomic E-state index is 0.0243. The topological polar surface area (TPSA) is 54.0 Å². The van der Waals surface area contributed by atoms with Crippen molar-refractivity contribution < 1.29 is 23.6 Å². The Morgan fingerprint density at radius 3 is 1.62 bits per heavy atom. The first-order valence-electron chi connectivity index (χ1n) is 20.6. The number of hydrogen-bond donors (Lipinski definition) is 0. The maximum atomic E-state index is 12.6. The number of esters is 1. The number of carbonyl (C=O) groups is 1. The number of carbonyl (C=O) groups excluding carboxylic acids is 1. The summed E-state index contributed by atoms with van der Waals surface area (Å²) >= 11 is 0. The second-order valence-electron chi connectivity index (χ2n) is 19.4. The monoisotopic (exact) mass is 671 g/mol. The highest BCUT2D eigenvalue weighted by atomic mass is 16.7. The van der Waals surface area contributed by atoms with E-state index in [9.17, 15) is 4.79 Å². The smallest absolute Gasteiger partial charge is 0.461 e. The summed E-state index contributed by atoms with van der Waals surface area (Å²) in [5.41, 5.74) is -0.495. The van der Waals surface area contributed by atoms with Gasteiger partial charge in [-0.1, -0.05) is 54.9 Å². The van der Waals surface area contributed by atoms with Gasteiger partial charge in [0.15, 0.2) is 0 Å². The molecule has 0 radical (unpaired) electrons. The van der Waals surface area contributed by atoms with Crippen molar-refractivity contribution in [1.82, 2.24) is 0 Å². The zero-order chi connectivity index (χ0) is 35.1. The molecule has 4 aliphatic carbocycles. The minimum atomic E-state index is -0.247. The Balaban J connectivity index is 1.17. The van der Waals surface area contributed by atoms with E-state index in [1.165, 1.54) is 45.6 Å². The van der Waals surface area contributed by atoms with Crippen LogP contribution in [0.5, 0.6) is 0 Å². The van der Waals surface area contributed by atoms with Gasteiger partial charge in [-0.15, -0.1) is 0 Å². The fraction of sp³-hybridized carbons (Fsp3) is 0.976. The number of rotatable bonds is 9. The third kappa shape index (κ3) is 7.91. The lowest BCUT2D eigenvalue weighted by molar-refractivity contribution is -0.156. The van der Waals surface area contributed by atoms with Crippen LogP contribution in [0.3, 0.4) is 0 Å². The molecule has 5 rings (SSSR count). The van der Waals surface area contributed by atoms with E-state index >= 15 is 0 Å². The van der Waals surface area contributed by atoms with Gasteiger partial charge >= 0.3 is 13.1 Å². The van der Waals surface area contributed by atoms with E-state index in [1.807, 2.05) is 0 Å². The van der Waals surface area contributed by atoms with Crippen LogP contribution in [-0.4, -0.2) is 44.1 Å². The molecule has 1 saturated heterocycles. The van der Waals surface area contributed by atoms with Gasteiger partial charge in [-0.2, -0.15) is 0 Å². The molecule has 5 aliphatic rings. The van der Waals surface area contributed by atoms with Crippen molar-refractivity contribution in [2.24, 2.45) is 76.9 Å². The molecule has 0 spiro atoms. The van der Waals surface area contributed by atoms with Crippen LogP contribution < -0.4 is 0 Å². The predicted molar refractivity (Wildman–Crippen MR) is 197 cm³/mol. The standard InChI is InChI=1S/C42H75BO5/c1-13-14-17-46-39-24-31(15-16-32(39)40(44)45-12)33-18-26(3)34(19-25(33)2)35-20-28(5)36(21-27(35)4)37-22-30(7)38(23-29(37)6)43-47-41(8,9)42(10,11)48-43/h25-39H,13-24H2,1-12H3. The lowest BCUT2D eigenvalue weighted by Gasteiger charge is -2.53. The summed E-state index contributed by atoms with van der Waals surface area (Å²) in [5.74, 6) is 9.57. The van der Waals surface area contributed by atoms with E-state index in [2.05, 4.69) is 76.2 Å². The van der Waals surface area contributed by atoms with Gasteiger partial charge in [-0.05, 0) is 169 Å². The Hall–Kier alpha value is -0.585. The Kier molecular flexibility index (Phi) is 12.5. The Bertz CT molecular complexity index is 1040. The summed E-state index contributed by atoms with van der Waals surface area (Å²) in [6.45, 7) is 27.1. The van der Waals surface area contributed by atoms with Crippen LogP contribution in [-0.2, 0) is 23.6 Å². The first-order valence-corrected chi connectivity index (χ1v) is 20.6. The molecule has 5 nitrogen and oxygen atoms in total. The van der Waals surface area contributed by atoms with E-state index in [1.54, 1.807) is 0 Å². The second-order valence-corrected chi connectivity index (χ2v) is 19.4. The van der Waals surface area contributed by atoms with Crippen LogP contribution >= 0.6 is 0 Å². The third-order valence-corrected chi connectivity index (χ3v) is 15.7. The van der Waals surface area contributed by atoms with Crippen molar-refractivity contribution >= 4 is 13.1 Å². The highest BCUT2D eigenvalue weighted by molar-refractivity contribution is 6.47. The fourth-order valence-corrected chi connectivity index (χ4v) is 12.0. The largest absolute Gasteiger partial charge is 0.469 e. The second kappa shape index (κ2) is 15.6. The molecule has 276 valence electrons. The first-order chi connectivity index (χ1) is 22.6. The molecule has 48 heavy (non-hydrogen) atoms.